The number of rotatable bonds is 3. The number of aromatic nitrogens is 1. The van der Waals surface area contributed by atoms with Crippen LogP contribution in [0.3, 0.4) is 0 Å². The molecular formula is C19H23N3OS. The van der Waals surface area contributed by atoms with Gasteiger partial charge >= 0.3 is 0 Å². The Morgan fingerprint density at radius 1 is 1.25 bits per heavy atom. The molecule has 0 spiro atoms. The second kappa shape index (κ2) is 6.65. The summed E-state index contributed by atoms with van der Waals surface area (Å²) in [6, 6.07) is 8.47. The van der Waals surface area contributed by atoms with Crippen LogP contribution < -0.4 is 10.6 Å². The molecule has 0 radical (unpaired) electrons. The minimum atomic E-state index is -0.0426. The Hall–Kier alpha value is -1.72. The van der Waals surface area contributed by atoms with Gasteiger partial charge < -0.3 is 10.6 Å². The van der Waals surface area contributed by atoms with Crippen molar-refractivity contribution in [2.45, 2.75) is 51.1 Å². The Bertz CT molecular complexity index is 710. The fourth-order valence-corrected chi connectivity index (χ4v) is 4.59. The second-order valence-electron chi connectivity index (χ2n) is 6.92. The number of aryl methyl sites for hydroxylation is 1. The number of thiazole rings is 1. The molecule has 0 bridgehead atoms. The molecule has 24 heavy (non-hydrogen) atoms. The molecule has 3 unspecified atom stereocenters. The predicted octanol–water partition coefficient (Wildman–Crippen LogP) is 3.98. The van der Waals surface area contributed by atoms with E-state index in [0.717, 1.165) is 28.4 Å². The number of carbonyl (C=O) groups is 1. The fraction of sp³-hybridized carbons (Fsp3) is 0.474. The number of nitrogens with one attached hydrogen (secondary N) is 2. The van der Waals surface area contributed by atoms with E-state index >= 15 is 0 Å². The van der Waals surface area contributed by atoms with E-state index in [0.29, 0.717) is 12.0 Å². The van der Waals surface area contributed by atoms with Crippen LogP contribution in [-0.2, 0) is 4.79 Å². The van der Waals surface area contributed by atoms with Gasteiger partial charge in [0.1, 0.15) is 0 Å². The minimum absolute atomic E-state index is 0.0426. The zero-order chi connectivity index (χ0) is 16.5. The van der Waals surface area contributed by atoms with Gasteiger partial charge in [0.15, 0.2) is 0 Å². The largest absolute Gasteiger partial charge is 0.325 e. The summed E-state index contributed by atoms with van der Waals surface area (Å²) in [5.41, 5.74) is 2.94. The third-order valence-corrected chi connectivity index (χ3v) is 6.02. The van der Waals surface area contributed by atoms with Crippen LogP contribution in [0.2, 0.25) is 0 Å². The van der Waals surface area contributed by atoms with Gasteiger partial charge in [-0.15, -0.1) is 11.3 Å². The summed E-state index contributed by atoms with van der Waals surface area (Å²) in [7, 11) is 0. The van der Waals surface area contributed by atoms with E-state index in [9.17, 15) is 4.79 Å². The molecule has 1 amide bonds. The van der Waals surface area contributed by atoms with Crippen molar-refractivity contribution in [3.05, 3.63) is 34.7 Å². The maximum atomic E-state index is 12.5. The highest BCUT2D eigenvalue weighted by atomic mass is 32.1. The highest BCUT2D eigenvalue weighted by Crippen LogP contribution is 2.33. The van der Waals surface area contributed by atoms with Crippen molar-refractivity contribution < 1.29 is 4.79 Å². The van der Waals surface area contributed by atoms with Crippen LogP contribution in [0.15, 0.2) is 29.6 Å². The topological polar surface area (TPSA) is 54.0 Å². The number of carbonyl (C=O) groups excluding carboxylic acids is 1. The Morgan fingerprint density at radius 2 is 2.04 bits per heavy atom. The first kappa shape index (κ1) is 15.8. The molecule has 4 nitrogen and oxygen atoms in total. The lowest BCUT2D eigenvalue weighted by molar-refractivity contribution is -0.117. The van der Waals surface area contributed by atoms with Crippen molar-refractivity contribution in [3.63, 3.8) is 0 Å². The molecule has 4 rings (SSSR count). The van der Waals surface area contributed by atoms with Gasteiger partial charge in [-0.25, -0.2) is 4.98 Å². The van der Waals surface area contributed by atoms with Crippen LogP contribution in [0.1, 0.15) is 37.1 Å². The van der Waals surface area contributed by atoms with Crippen molar-refractivity contribution in [1.29, 1.82) is 0 Å². The number of nitrogens with zero attached hydrogens (tertiary/aromatic N) is 1. The number of fused-ring (bicyclic) bond motifs is 1. The van der Waals surface area contributed by atoms with Crippen molar-refractivity contribution in [2.24, 2.45) is 5.92 Å². The smallest absolute Gasteiger partial charge is 0.241 e. The van der Waals surface area contributed by atoms with E-state index in [1.807, 2.05) is 31.2 Å². The summed E-state index contributed by atoms with van der Waals surface area (Å²) in [4.78, 5) is 17.0. The van der Waals surface area contributed by atoms with Gasteiger partial charge in [-0.05, 0) is 44.2 Å². The maximum Gasteiger partial charge on any atom is 0.241 e. The number of amides is 1. The van der Waals surface area contributed by atoms with E-state index in [4.69, 9.17) is 0 Å². The van der Waals surface area contributed by atoms with Gasteiger partial charge in [-0.3, -0.25) is 4.79 Å². The molecule has 2 aromatic rings. The first-order valence-electron chi connectivity index (χ1n) is 8.78. The van der Waals surface area contributed by atoms with Gasteiger partial charge in [0.25, 0.3) is 0 Å². The first-order chi connectivity index (χ1) is 11.7. The molecule has 1 aliphatic heterocycles. The molecule has 2 aliphatic rings. The summed E-state index contributed by atoms with van der Waals surface area (Å²) >= 11 is 1.65. The van der Waals surface area contributed by atoms with Crippen LogP contribution in [0.25, 0.3) is 11.3 Å². The molecule has 3 atom stereocenters. The number of benzene rings is 1. The maximum absolute atomic E-state index is 12.5. The summed E-state index contributed by atoms with van der Waals surface area (Å²) in [5, 5.41) is 9.72. The SMILES string of the molecule is Cc1nc(-c2ccc(NC(=O)C3CC4CCCCC4N3)cc2)cs1. The Labute approximate surface area is 146 Å². The van der Waals surface area contributed by atoms with E-state index in [1.54, 1.807) is 11.3 Å². The Balaban J connectivity index is 1.39. The average Bonchev–Trinajstić information content (AvgIpc) is 3.21. The number of anilines is 1. The zero-order valence-electron chi connectivity index (χ0n) is 13.9. The lowest BCUT2D eigenvalue weighted by Crippen LogP contribution is -2.39. The third kappa shape index (κ3) is 3.23. The van der Waals surface area contributed by atoms with E-state index < -0.39 is 0 Å². The molecule has 2 heterocycles. The van der Waals surface area contributed by atoms with Crippen LogP contribution in [0.4, 0.5) is 5.69 Å². The molecule has 1 saturated carbocycles. The summed E-state index contributed by atoms with van der Waals surface area (Å²) in [5.74, 6) is 0.784. The van der Waals surface area contributed by atoms with Crippen molar-refractivity contribution >= 4 is 22.9 Å². The zero-order valence-corrected chi connectivity index (χ0v) is 14.7. The van der Waals surface area contributed by atoms with E-state index in [-0.39, 0.29) is 11.9 Å². The second-order valence-corrected chi connectivity index (χ2v) is 7.99. The standard InChI is InChI=1S/C19H23N3OS/c1-12-20-18(11-24-12)13-6-8-15(9-7-13)21-19(23)17-10-14-4-2-3-5-16(14)22-17/h6-9,11,14,16-17,22H,2-5,10H2,1H3,(H,21,23). The molecule has 1 saturated heterocycles. The van der Waals surface area contributed by atoms with Gasteiger partial charge in [-0.2, -0.15) is 0 Å². The van der Waals surface area contributed by atoms with Crippen LogP contribution in [0.5, 0.6) is 0 Å². The van der Waals surface area contributed by atoms with Gasteiger partial charge in [0, 0.05) is 22.7 Å². The van der Waals surface area contributed by atoms with Crippen LogP contribution >= 0.6 is 11.3 Å². The normalized spacial score (nSPS) is 26.1. The lowest BCUT2D eigenvalue weighted by Gasteiger charge is -2.24. The fourth-order valence-electron chi connectivity index (χ4n) is 3.97. The highest BCUT2D eigenvalue weighted by Gasteiger charge is 2.38. The van der Waals surface area contributed by atoms with Gasteiger partial charge in [0.05, 0.1) is 16.7 Å². The number of hydrogen-bond acceptors (Lipinski definition) is 4. The Kier molecular flexibility index (Phi) is 4.37. The molecule has 1 aromatic heterocycles. The quantitative estimate of drug-likeness (QED) is 0.888. The highest BCUT2D eigenvalue weighted by molar-refractivity contribution is 7.09. The summed E-state index contributed by atoms with van der Waals surface area (Å²) in [6.45, 7) is 2.01. The molecular weight excluding hydrogens is 318 g/mol. The minimum Gasteiger partial charge on any atom is -0.325 e. The Morgan fingerprint density at radius 3 is 2.75 bits per heavy atom. The molecule has 1 aliphatic carbocycles. The van der Waals surface area contributed by atoms with Crippen molar-refractivity contribution in [2.75, 3.05) is 5.32 Å². The van der Waals surface area contributed by atoms with E-state index in [2.05, 4.69) is 21.0 Å². The van der Waals surface area contributed by atoms with Crippen LogP contribution in [0, 0.1) is 12.8 Å². The first-order valence-corrected chi connectivity index (χ1v) is 9.66. The van der Waals surface area contributed by atoms with Gasteiger partial charge in [-0.1, -0.05) is 25.0 Å². The number of hydrogen-bond donors (Lipinski definition) is 2. The summed E-state index contributed by atoms with van der Waals surface area (Å²) < 4.78 is 0. The molecule has 2 fully saturated rings. The summed E-state index contributed by atoms with van der Waals surface area (Å²) in [6.07, 6.45) is 6.07. The molecule has 2 N–H and O–H groups in total. The van der Waals surface area contributed by atoms with E-state index in [1.165, 1.54) is 25.7 Å². The molecule has 126 valence electrons. The monoisotopic (exact) mass is 341 g/mol. The van der Waals surface area contributed by atoms with Crippen molar-refractivity contribution in [3.8, 4) is 11.3 Å². The average molecular weight is 341 g/mol. The predicted molar refractivity (Wildman–Crippen MR) is 98.2 cm³/mol. The van der Waals surface area contributed by atoms with Crippen molar-refractivity contribution in [1.82, 2.24) is 10.3 Å². The molecule has 5 heteroatoms. The van der Waals surface area contributed by atoms with Gasteiger partial charge in [0.2, 0.25) is 5.91 Å². The third-order valence-electron chi connectivity index (χ3n) is 5.25. The lowest BCUT2D eigenvalue weighted by atomic mass is 9.85. The van der Waals surface area contributed by atoms with Crippen LogP contribution in [-0.4, -0.2) is 23.0 Å². The molecule has 1 aromatic carbocycles.